The Morgan fingerprint density at radius 3 is 2.91 bits per heavy atom. The molecule has 0 amide bonds. The van der Waals surface area contributed by atoms with Crippen LogP contribution in [0.4, 0.5) is 0 Å². The minimum atomic E-state index is 0.241. The molecule has 0 spiro atoms. The van der Waals surface area contributed by atoms with Crippen LogP contribution in [0.2, 0.25) is 0 Å². The van der Waals surface area contributed by atoms with Gasteiger partial charge in [-0.05, 0) is 41.8 Å². The summed E-state index contributed by atoms with van der Waals surface area (Å²) in [7, 11) is 1.59. The Bertz CT molecular complexity index is 770. The maximum absolute atomic E-state index is 10.7. The van der Waals surface area contributed by atoms with Crippen LogP contribution in [0.25, 0.3) is 11.1 Å². The van der Waals surface area contributed by atoms with Crippen molar-refractivity contribution in [3.05, 3.63) is 41.0 Å². The van der Waals surface area contributed by atoms with Crippen molar-refractivity contribution in [2.45, 2.75) is 25.8 Å². The van der Waals surface area contributed by atoms with Crippen LogP contribution in [0, 0.1) is 0 Å². The molecule has 23 heavy (non-hydrogen) atoms. The van der Waals surface area contributed by atoms with Gasteiger partial charge in [-0.3, -0.25) is 0 Å². The van der Waals surface area contributed by atoms with E-state index in [-0.39, 0.29) is 5.75 Å². The number of quaternary nitrogens is 1. The van der Waals surface area contributed by atoms with E-state index in [1.807, 2.05) is 13.0 Å². The van der Waals surface area contributed by atoms with E-state index in [1.54, 1.807) is 7.11 Å². The van der Waals surface area contributed by atoms with Gasteiger partial charge < -0.3 is 19.9 Å². The molecule has 0 aromatic heterocycles. The molecule has 0 radical (unpaired) electrons. The summed E-state index contributed by atoms with van der Waals surface area (Å²) in [5.74, 6) is 1.65. The Hall–Kier alpha value is -2.20. The maximum Gasteiger partial charge on any atom is 0.165 e. The van der Waals surface area contributed by atoms with Gasteiger partial charge in [-0.25, -0.2) is 0 Å². The quantitative estimate of drug-likeness (QED) is 0.913. The lowest BCUT2D eigenvalue weighted by Gasteiger charge is -2.32. The second-order valence-corrected chi connectivity index (χ2v) is 6.21. The molecule has 4 heteroatoms. The van der Waals surface area contributed by atoms with Gasteiger partial charge in [0, 0.05) is 24.0 Å². The van der Waals surface area contributed by atoms with Gasteiger partial charge in [0.15, 0.2) is 11.5 Å². The van der Waals surface area contributed by atoms with Crippen molar-refractivity contribution in [2.75, 3.05) is 20.3 Å². The summed E-state index contributed by atoms with van der Waals surface area (Å²) in [5.41, 5.74) is 5.90. The Kier molecular flexibility index (Phi) is 3.42. The zero-order valence-corrected chi connectivity index (χ0v) is 13.6. The molecule has 0 saturated carbocycles. The Labute approximate surface area is 136 Å². The average Bonchev–Trinajstić information content (AvgIpc) is 2.55. The first-order valence-electron chi connectivity index (χ1n) is 8.25. The number of methoxy groups -OCH3 is 1. The molecule has 4 nitrogen and oxygen atoms in total. The van der Waals surface area contributed by atoms with Crippen molar-refractivity contribution in [3.63, 3.8) is 0 Å². The van der Waals surface area contributed by atoms with Crippen LogP contribution in [0.15, 0.2) is 24.3 Å². The molecule has 3 N–H and O–H groups in total. The summed E-state index contributed by atoms with van der Waals surface area (Å²) in [6, 6.07) is 8.61. The highest BCUT2D eigenvalue weighted by molar-refractivity contribution is 5.83. The number of rotatable bonds is 3. The van der Waals surface area contributed by atoms with Crippen molar-refractivity contribution in [1.82, 2.24) is 0 Å². The number of ether oxygens (including phenoxy) is 2. The summed E-state index contributed by atoms with van der Waals surface area (Å²) < 4.78 is 11.1. The first-order chi connectivity index (χ1) is 11.2. The minimum absolute atomic E-state index is 0.241. The number of hydrogen-bond donors (Lipinski definition) is 2. The molecule has 0 unspecified atom stereocenters. The van der Waals surface area contributed by atoms with E-state index in [2.05, 4.69) is 23.5 Å². The standard InChI is InChI=1S/C19H21NO3/c1-3-23-13-8-12-6-7-20-15-9-11-4-5-16(22-2)19(21)18(11)14(10-13)17(12)15/h4-5,8,10,15,20-21H,3,6-7,9H2,1-2H3/p+1/t15-/m1/s1. The number of nitrogens with two attached hydrogens (primary N) is 1. The van der Waals surface area contributed by atoms with Gasteiger partial charge in [0.2, 0.25) is 0 Å². The van der Waals surface area contributed by atoms with E-state index in [9.17, 15) is 5.11 Å². The van der Waals surface area contributed by atoms with Crippen LogP contribution in [0.1, 0.15) is 29.7 Å². The van der Waals surface area contributed by atoms with E-state index < -0.39 is 0 Å². The lowest BCUT2D eigenvalue weighted by atomic mass is 9.77. The number of aromatic hydroxyl groups is 1. The number of phenolic OH excluding ortho intramolecular Hbond substituents is 1. The highest BCUT2D eigenvalue weighted by atomic mass is 16.5. The van der Waals surface area contributed by atoms with Gasteiger partial charge >= 0.3 is 0 Å². The fourth-order valence-electron chi connectivity index (χ4n) is 4.02. The second-order valence-electron chi connectivity index (χ2n) is 6.21. The summed E-state index contributed by atoms with van der Waals surface area (Å²) in [6.07, 6.45) is 1.99. The molecule has 0 saturated heterocycles. The van der Waals surface area contributed by atoms with Gasteiger partial charge in [-0.2, -0.15) is 0 Å². The van der Waals surface area contributed by atoms with Gasteiger partial charge in [0.05, 0.1) is 20.3 Å². The lowest BCUT2D eigenvalue weighted by molar-refractivity contribution is -0.698. The minimum Gasteiger partial charge on any atom is -0.504 e. The van der Waals surface area contributed by atoms with Crippen molar-refractivity contribution < 1.29 is 19.9 Å². The first-order valence-corrected chi connectivity index (χ1v) is 8.25. The zero-order valence-electron chi connectivity index (χ0n) is 13.6. The molecule has 4 rings (SSSR count). The van der Waals surface area contributed by atoms with E-state index in [0.29, 0.717) is 18.4 Å². The van der Waals surface area contributed by atoms with E-state index >= 15 is 0 Å². The highest BCUT2D eigenvalue weighted by Gasteiger charge is 2.34. The smallest absolute Gasteiger partial charge is 0.165 e. The van der Waals surface area contributed by atoms with Crippen LogP contribution in [-0.2, 0) is 12.8 Å². The largest absolute Gasteiger partial charge is 0.504 e. The van der Waals surface area contributed by atoms with Gasteiger partial charge in [-0.15, -0.1) is 0 Å². The molecule has 0 fully saturated rings. The Morgan fingerprint density at radius 1 is 1.26 bits per heavy atom. The van der Waals surface area contributed by atoms with Crippen molar-refractivity contribution >= 4 is 0 Å². The fraction of sp³-hybridized carbons (Fsp3) is 0.368. The molecule has 2 aromatic carbocycles. The topological polar surface area (TPSA) is 55.3 Å². The van der Waals surface area contributed by atoms with Crippen molar-refractivity contribution in [2.24, 2.45) is 0 Å². The van der Waals surface area contributed by atoms with Crippen LogP contribution in [-0.4, -0.2) is 25.4 Å². The molecule has 2 aromatic rings. The third kappa shape index (κ3) is 2.17. The SMILES string of the molecule is CCOc1cc2c3c(c1)-c1c(ccc(OC)c1O)C[C@H]3[NH2+]CC2. The van der Waals surface area contributed by atoms with E-state index in [0.717, 1.165) is 36.3 Å². The monoisotopic (exact) mass is 312 g/mol. The van der Waals surface area contributed by atoms with E-state index in [1.165, 1.54) is 16.7 Å². The Morgan fingerprint density at radius 2 is 2.13 bits per heavy atom. The molecular weight excluding hydrogens is 290 g/mol. The third-order valence-corrected chi connectivity index (χ3v) is 4.94. The van der Waals surface area contributed by atoms with Crippen LogP contribution < -0.4 is 14.8 Å². The van der Waals surface area contributed by atoms with Crippen LogP contribution >= 0.6 is 0 Å². The second kappa shape index (κ2) is 5.46. The molecule has 1 heterocycles. The maximum atomic E-state index is 10.7. The van der Waals surface area contributed by atoms with Gasteiger partial charge in [0.25, 0.3) is 0 Å². The zero-order chi connectivity index (χ0) is 16.0. The fourth-order valence-corrected chi connectivity index (χ4v) is 4.02. The molecular formula is C19H22NO3+. The summed E-state index contributed by atoms with van der Waals surface area (Å²) in [6.45, 7) is 3.74. The lowest BCUT2D eigenvalue weighted by Crippen LogP contribution is -2.87. The Balaban J connectivity index is 1.99. The number of hydrogen-bond acceptors (Lipinski definition) is 3. The number of fused-ring (bicyclic) bond motifs is 2. The van der Waals surface area contributed by atoms with Crippen molar-refractivity contribution in [1.29, 1.82) is 0 Å². The molecule has 1 aliphatic carbocycles. The number of benzene rings is 2. The summed E-state index contributed by atoms with van der Waals surface area (Å²) in [4.78, 5) is 0. The van der Waals surface area contributed by atoms with Crippen LogP contribution in [0.3, 0.4) is 0 Å². The first kappa shape index (κ1) is 14.4. The molecule has 2 aliphatic rings. The third-order valence-electron chi connectivity index (χ3n) is 4.94. The molecule has 1 atom stereocenters. The van der Waals surface area contributed by atoms with Gasteiger partial charge in [-0.1, -0.05) is 6.07 Å². The molecule has 120 valence electrons. The predicted octanol–water partition coefficient (Wildman–Crippen LogP) is 2.18. The van der Waals surface area contributed by atoms with Crippen molar-refractivity contribution in [3.8, 4) is 28.4 Å². The normalized spacial score (nSPS) is 18.1. The number of phenols is 1. The highest BCUT2D eigenvalue weighted by Crippen LogP contribution is 2.48. The van der Waals surface area contributed by atoms with Crippen LogP contribution in [0.5, 0.6) is 17.2 Å². The predicted molar refractivity (Wildman–Crippen MR) is 88.2 cm³/mol. The van der Waals surface area contributed by atoms with E-state index in [4.69, 9.17) is 9.47 Å². The average molecular weight is 312 g/mol. The summed E-state index contributed by atoms with van der Waals surface area (Å²) >= 11 is 0. The summed E-state index contributed by atoms with van der Waals surface area (Å²) in [5, 5.41) is 13.1. The molecule has 1 aliphatic heterocycles. The molecule has 0 bridgehead atoms. The van der Waals surface area contributed by atoms with Gasteiger partial charge in [0.1, 0.15) is 11.8 Å².